The molecule has 0 saturated carbocycles. The van der Waals surface area contributed by atoms with Gasteiger partial charge in [0.1, 0.15) is 23.0 Å². The molecule has 1 atom stereocenters. The predicted molar refractivity (Wildman–Crippen MR) is 99.6 cm³/mol. The number of primary amides is 1. The summed E-state index contributed by atoms with van der Waals surface area (Å²) in [5.74, 6) is -1.65. The fourth-order valence-electron chi connectivity index (χ4n) is 1.94. The van der Waals surface area contributed by atoms with E-state index in [1.807, 2.05) is 0 Å². The number of hydrogen-bond donors (Lipinski definition) is 4. The Kier molecular flexibility index (Phi) is 7.34. The van der Waals surface area contributed by atoms with Gasteiger partial charge in [0, 0.05) is 23.7 Å². The van der Waals surface area contributed by atoms with Crippen LogP contribution in [0.15, 0.2) is 18.2 Å². The number of rotatable bonds is 8. The van der Waals surface area contributed by atoms with Gasteiger partial charge in [0.2, 0.25) is 5.88 Å². The number of nitrogens with two attached hydrogens (primary N) is 1. The molecule has 146 valence electrons. The van der Waals surface area contributed by atoms with Crippen molar-refractivity contribution in [1.82, 2.24) is 9.69 Å². The van der Waals surface area contributed by atoms with Crippen molar-refractivity contribution in [3.05, 3.63) is 40.2 Å². The van der Waals surface area contributed by atoms with Crippen LogP contribution in [0.25, 0.3) is 0 Å². The smallest absolute Gasteiger partial charge is 0.319 e. The van der Waals surface area contributed by atoms with Crippen molar-refractivity contribution in [3.63, 3.8) is 0 Å². The van der Waals surface area contributed by atoms with Crippen molar-refractivity contribution in [2.75, 3.05) is 18.5 Å². The number of hydrogen-bond acceptors (Lipinski definition) is 6. The molecule has 3 amide bonds. The molecule has 0 bridgehead atoms. The molecule has 5 N–H and O–H groups in total. The first-order chi connectivity index (χ1) is 12.8. The number of carbonyl (C=O) groups excluding carboxylic acids is 2. The minimum absolute atomic E-state index is 0.0768. The predicted octanol–water partition coefficient (Wildman–Crippen LogP) is 2.36. The highest BCUT2D eigenvalue weighted by Gasteiger charge is 2.22. The van der Waals surface area contributed by atoms with Crippen molar-refractivity contribution in [2.24, 2.45) is 11.7 Å². The number of anilines is 1. The average Bonchev–Trinajstić information content (AvgIpc) is 3.01. The van der Waals surface area contributed by atoms with Crippen molar-refractivity contribution < 1.29 is 23.8 Å². The maximum Gasteiger partial charge on any atom is 0.319 e. The number of carbonyl (C=O) groups is 2. The van der Waals surface area contributed by atoms with E-state index in [0.717, 1.165) is 17.6 Å². The summed E-state index contributed by atoms with van der Waals surface area (Å²) in [4.78, 5) is 23.6. The molecule has 0 saturated heterocycles. The monoisotopic (exact) mass is 416 g/mol. The first kappa shape index (κ1) is 20.9. The van der Waals surface area contributed by atoms with Crippen LogP contribution in [0.5, 0.6) is 5.88 Å². The average molecular weight is 417 g/mol. The molecular formula is C16H18ClFN4O4S. The third-order valence-corrected chi connectivity index (χ3v) is 4.42. The molecule has 1 aromatic heterocycles. The van der Waals surface area contributed by atoms with Gasteiger partial charge in [-0.1, -0.05) is 24.6 Å². The van der Waals surface area contributed by atoms with Crippen LogP contribution in [0.3, 0.4) is 0 Å². The highest BCUT2D eigenvalue weighted by molar-refractivity contribution is 7.11. The molecule has 0 aliphatic rings. The Hall–Kier alpha value is -2.43. The van der Waals surface area contributed by atoms with Gasteiger partial charge in [-0.25, -0.2) is 9.18 Å². The fourth-order valence-corrected chi connectivity index (χ4v) is 2.83. The van der Waals surface area contributed by atoms with Crippen LogP contribution in [0.2, 0.25) is 5.02 Å². The molecule has 0 spiro atoms. The molecule has 11 heteroatoms. The van der Waals surface area contributed by atoms with E-state index in [1.165, 1.54) is 12.1 Å². The minimum atomic E-state index is -0.852. The third kappa shape index (κ3) is 5.78. The van der Waals surface area contributed by atoms with Gasteiger partial charge in [-0.05, 0) is 29.6 Å². The van der Waals surface area contributed by atoms with Gasteiger partial charge in [-0.3, -0.25) is 10.1 Å². The molecule has 0 radical (unpaired) electrons. The second-order valence-corrected chi connectivity index (χ2v) is 6.91. The molecule has 2 aromatic rings. The van der Waals surface area contributed by atoms with Gasteiger partial charge in [-0.15, -0.1) is 0 Å². The lowest BCUT2D eigenvalue weighted by molar-refractivity contribution is 0.0996. The summed E-state index contributed by atoms with van der Waals surface area (Å²) in [6, 6.07) is 3.50. The largest absolute Gasteiger partial charge is 0.471 e. The maximum atomic E-state index is 13.8. The van der Waals surface area contributed by atoms with Crippen molar-refractivity contribution in [3.8, 4) is 5.88 Å². The lowest BCUT2D eigenvalue weighted by Gasteiger charge is -2.10. The Labute approximate surface area is 163 Å². The second-order valence-electron chi connectivity index (χ2n) is 5.70. The van der Waals surface area contributed by atoms with Gasteiger partial charge >= 0.3 is 6.03 Å². The lowest BCUT2D eigenvalue weighted by atomic mass is 10.2. The van der Waals surface area contributed by atoms with Gasteiger partial charge in [0.05, 0.1) is 0 Å². The number of aliphatic hydroxyl groups excluding tert-OH is 1. The molecule has 2 rings (SSSR count). The van der Waals surface area contributed by atoms with E-state index in [4.69, 9.17) is 27.2 Å². The summed E-state index contributed by atoms with van der Waals surface area (Å²) in [5.41, 5.74) is 5.45. The van der Waals surface area contributed by atoms with E-state index < -0.39 is 17.8 Å². The normalized spacial score (nSPS) is 11.7. The summed E-state index contributed by atoms with van der Waals surface area (Å²) < 4.78 is 23.2. The number of aromatic nitrogens is 1. The van der Waals surface area contributed by atoms with E-state index in [-0.39, 0.29) is 52.7 Å². The van der Waals surface area contributed by atoms with Gasteiger partial charge < -0.3 is 20.9 Å². The molecule has 0 aliphatic carbocycles. The molecule has 8 nitrogen and oxygen atoms in total. The number of amides is 3. The van der Waals surface area contributed by atoms with Crippen molar-refractivity contribution >= 4 is 40.1 Å². The molecule has 1 unspecified atom stereocenters. The highest BCUT2D eigenvalue weighted by Crippen LogP contribution is 2.31. The zero-order valence-electron chi connectivity index (χ0n) is 14.3. The number of nitrogens with zero attached hydrogens (tertiary/aromatic N) is 1. The third-order valence-electron chi connectivity index (χ3n) is 3.44. The Morgan fingerprint density at radius 3 is 2.85 bits per heavy atom. The summed E-state index contributed by atoms with van der Waals surface area (Å²) in [6.45, 7) is 1.72. The van der Waals surface area contributed by atoms with Crippen molar-refractivity contribution in [1.29, 1.82) is 0 Å². The van der Waals surface area contributed by atoms with E-state index in [2.05, 4.69) is 15.0 Å². The number of aliphatic hydroxyl groups is 1. The molecule has 0 aliphatic heterocycles. The second kappa shape index (κ2) is 9.49. The van der Waals surface area contributed by atoms with Crippen LogP contribution < -0.4 is 21.1 Å². The van der Waals surface area contributed by atoms with E-state index in [9.17, 15) is 14.0 Å². The minimum Gasteiger partial charge on any atom is -0.471 e. The van der Waals surface area contributed by atoms with Crippen LogP contribution in [0.4, 0.5) is 14.2 Å². The number of benzene rings is 1. The van der Waals surface area contributed by atoms with Crippen LogP contribution in [-0.4, -0.2) is 34.6 Å². The molecular weight excluding hydrogens is 399 g/mol. The first-order valence-electron chi connectivity index (χ1n) is 7.83. The van der Waals surface area contributed by atoms with E-state index in [0.29, 0.717) is 0 Å². The van der Waals surface area contributed by atoms with Crippen molar-refractivity contribution in [2.45, 2.75) is 13.5 Å². The Morgan fingerprint density at radius 1 is 1.48 bits per heavy atom. The Morgan fingerprint density at radius 2 is 2.22 bits per heavy atom. The maximum absolute atomic E-state index is 13.8. The number of ether oxygens (including phenoxy) is 1. The van der Waals surface area contributed by atoms with Crippen LogP contribution in [0.1, 0.15) is 22.8 Å². The van der Waals surface area contributed by atoms with Gasteiger partial charge in [0.15, 0.2) is 0 Å². The Bertz CT molecular complexity index is 833. The van der Waals surface area contributed by atoms with Crippen LogP contribution in [0, 0.1) is 11.7 Å². The summed E-state index contributed by atoms with van der Waals surface area (Å²) >= 11 is 6.50. The topological polar surface area (TPSA) is 127 Å². The van der Waals surface area contributed by atoms with Gasteiger partial charge in [-0.2, -0.15) is 4.37 Å². The summed E-state index contributed by atoms with van der Waals surface area (Å²) in [7, 11) is 0. The standard InChI is InChI=1S/C16H18ClFN4O4S/c1-8(6-23)5-20-16(25)21-15-12(13(19)24)14(22-27-15)26-7-9-2-3-10(17)4-11(9)18/h2-4,8,23H,5-7H2,1H3,(H2,19,24)(H2,20,21,25). The number of nitrogens with one attached hydrogen (secondary N) is 2. The molecule has 0 fully saturated rings. The zero-order valence-corrected chi connectivity index (χ0v) is 15.9. The summed E-state index contributed by atoms with van der Waals surface area (Å²) in [5, 5.41) is 14.3. The number of urea groups is 1. The quantitative estimate of drug-likeness (QED) is 0.525. The van der Waals surface area contributed by atoms with E-state index >= 15 is 0 Å². The molecule has 1 heterocycles. The lowest BCUT2D eigenvalue weighted by Crippen LogP contribution is -2.33. The summed E-state index contributed by atoms with van der Waals surface area (Å²) in [6.07, 6.45) is 0. The van der Waals surface area contributed by atoms with Crippen LogP contribution >= 0.6 is 23.1 Å². The highest BCUT2D eigenvalue weighted by atomic mass is 35.5. The first-order valence-corrected chi connectivity index (χ1v) is 8.98. The molecule has 1 aromatic carbocycles. The van der Waals surface area contributed by atoms with Gasteiger partial charge in [0.25, 0.3) is 5.91 Å². The zero-order chi connectivity index (χ0) is 20.0. The van der Waals surface area contributed by atoms with Crippen LogP contribution in [-0.2, 0) is 6.61 Å². The Balaban J connectivity index is 2.07. The number of halogens is 2. The van der Waals surface area contributed by atoms with E-state index in [1.54, 1.807) is 6.92 Å². The SMILES string of the molecule is CC(CO)CNC(=O)Nc1snc(OCc2ccc(Cl)cc2F)c1C(N)=O. The molecule has 27 heavy (non-hydrogen) atoms. The fraction of sp³-hybridized carbons (Fsp3) is 0.312.